The van der Waals surface area contributed by atoms with E-state index < -0.39 is 6.09 Å². The van der Waals surface area contributed by atoms with Crippen molar-refractivity contribution in [2.45, 2.75) is 72.0 Å². The molecule has 6 heteroatoms. The first kappa shape index (κ1) is 20.8. The van der Waals surface area contributed by atoms with Gasteiger partial charge in [0.2, 0.25) is 0 Å². The van der Waals surface area contributed by atoms with E-state index in [9.17, 15) is 4.79 Å². The summed E-state index contributed by atoms with van der Waals surface area (Å²) in [5.74, 6) is 0.124. The third-order valence-electron chi connectivity index (χ3n) is 5.29. The van der Waals surface area contributed by atoms with Gasteiger partial charge in [-0.05, 0) is 50.6 Å². The average Bonchev–Trinajstić information content (AvgIpc) is 2.71. The Morgan fingerprint density at radius 1 is 1.12 bits per heavy atom. The molecule has 0 saturated carbocycles. The van der Waals surface area contributed by atoms with Crippen molar-refractivity contribution < 1.29 is 19.2 Å². The van der Waals surface area contributed by atoms with E-state index in [0.29, 0.717) is 6.54 Å². The van der Waals surface area contributed by atoms with Crippen LogP contribution >= 0.6 is 0 Å². The summed E-state index contributed by atoms with van der Waals surface area (Å²) >= 11 is 0. The molecule has 1 aromatic rings. The van der Waals surface area contributed by atoms with Gasteiger partial charge in [0, 0.05) is 12.5 Å². The largest absolute Gasteiger partial charge is 0.494 e. The minimum Gasteiger partial charge on any atom is -0.465 e. The second-order valence-corrected chi connectivity index (χ2v) is 9.40. The maximum Gasteiger partial charge on any atom is 0.494 e. The van der Waals surface area contributed by atoms with Crippen molar-refractivity contribution in [2.75, 3.05) is 6.54 Å². The Balaban J connectivity index is 2.16. The Kier molecular flexibility index (Phi) is 5.79. The molecule has 2 N–H and O–H groups in total. The molecule has 1 saturated heterocycles. The standard InChI is InChI=1S/C20H32BNO4/c1-18(2,3)12-15(13-22-17(23)24)14-8-10-16(11-9-14)21-25-19(4,5)20(6,7)26-21/h8-11,15,22H,12-13H2,1-7H3,(H,23,24). The van der Waals surface area contributed by atoms with E-state index in [-0.39, 0.29) is 29.7 Å². The van der Waals surface area contributed by atoms with Gasteiger partial charge >= 0.3 is 13.2 Å². The lowest BCUT2D eigenvalue weighted by Crippen LogP contribution is -2.41. The van der Waals surface area contributed by atoms with Crippen molar-refractivity contribution in [2.24, 2.45) is 5.41 Å². The third kappa shape index (κ3) is 5.01. The van der Waals surface area contributed by atoms with Crippen LogP contribution in [-0.2, 0) is 9.31 Å². The van der Waals surface area contributed by atoms with E-state index >= 15 is 0 Å². The van der Waals surface area contributed by atoms with Gasteiger partial charge in [0.05, 0.1) is 11.2 Å². The molecule has 0 radical (unpaired) electrons. The molecule has 1 amide bonds. The van der Waals surface area contributed by atoms with E-state index in [0.717, 1.165) is 17.4 Å². The lowest BCUT2D eigenvalue weighted by molar-refractivity contribution is 0.00578. The molecule has 1 heterocycles. The maximum atomic E-state index is 10.9. The van der Waals surface area contributed by atoms with Crippen molar-refractivity contribution in [1.82, 2.24) is 5.32 Å². The third-order valence-corrected chi connectivity index (χ3v) is 5.29. The van der Waals surface area contributed by atoms with Gasteiger partial charge in [-0.3, -0.25) is 0 Å². The SMILES string of the molecule is CC(C)(C)CC(CNC(=O)O)c1ccc(B2OC(C)(C)C(C)(C)O2)cc1. The van der Waals surface area contributed by atoms with E-state index in [1.807, 2.05) is 39.8 Å². The zero-order chi connectivity index (χ0) is 19.8. The summed E-state index contributed by atoms with van der Waals surface area (Å²) in [4.78, 5) is 10.9. The van der Waals surface area contributed by atoms with Crippen molar-refractivity contribution in [3.8, 4) is 0 Å². The molecule has 2 rings (SSSR count). The van der Waals surface area contributed by atoms with Crippen LogP contribution in [0.5, 0.6) is 0 Å². The summed E-state index contributed by atoms with van der Waals surface area (Å²) in [6.45, 7) is 15.1. The fourth-order valence-corrected chi connectivity index (χ4v) is 3.16. The summed E-state index contributed by atoms with van der Waals surface area (Å²) < 4.78 is 12.2. The molecule has 1 aliphatic heterocycles. The molecule has 26 heavy (non-hydrogen) atoms. The van der Waals surface area contributed by atoms with Crippen LogP contribution in [0.4, 0.5) is 4.79 Å². The van der Waals surface area contributed by atoms with Crippen LogP contribution in [0, 0.1) is 5.41 Å². The number of carboxylic acid groups (broad SMARTS) is 1. The van der Waals surface area contributed by atoms with Gasteiger partial charge in [-0.15, -0.1) is 0 Å². The summed E-state index contributed by atoms with van der Waals surface area (Å²) in [6.07, 6.45) is -0.0962. The fourth-order valence-electron chi connectivity index (χ4n) is 3.16. The zero-order valence-electron chi connectivity index (χ0n) is 17.1. The Bertz CT molecular complexity index is 618. The normalized spacial score (nSPS) is 20.0. The van der Waals surface area contributed by atoms with Gasteiger partial charge < -0.3 is 19.7 Å². The first-order chi connectivity index (χ1) is 11.8. The fraction of sp³-hybridized carbons (Fsp3) is 0.650. The summed E-state index contributed by atoms with van der Waals surface area (Å²) in [6, 6.07) is 8.16. The number of carbonyl (C=O) groups is 1. The van der Waals surface area contributed by atoms with Gasteiger partial charge in [0.25, 0.3) is 0 Å². The van der Waals surface area contributed by atoms with Gasteiger partial charge in [0.15, 0.2) is 0 Å². The number of hydrogen-bond donors (Lipinski definition) is 2. The average molecular weight is 361 g/mol. The number of rotatable bonds is 5. The summed E-state index contributed by atoms with van der Waals surface area (Å²) in [7, 11) is -0.382. The first-order valence-corrected chi connectivity index (χ1v) is 9.23. The lowest BCUT2D eigenvalue weighted by Gasteiger charge is -2.32. The molecular formula is C20H32BNO4. The number of amides is 1. The van der Waals surface area contributed by atoms with Gasteiger partial charge in [-0.2, -0.15) is 0 Å². The molecule has 1 aromatic carbocycles. The Morgan fingerprint density at radius 2 is 1.62 bits per heavy atom. The van der Waals surface area contributed by atoms with E-state index in [1.165, 1.54) is 0 Å². The van der Waals surface area contributed by atoms with Crippen LogP contribution in [0.3, 0.4) is 0 Å². The topological polar surface area (TPSA) is 67.8 Å². The van der Waals surface area contributed by atoms with Crippen LogP contribution in [0.2, 0.25) is 0 Å². The van der Waals surface area contributed by atoms with E-state index in [1.54, 1.807) is 0 Å². The minimum absolute atomic E-state index is 0.106. The predicted octanol–water partition coefficient (Wildman–Crippen LogP) is 3.77. The second-order valence-electron chi connectivity index (χ2n) is 9.40. The molecular weight excluding hydrogens is 329 g/mol. The Morgan fingerprint density at radius 3 is 2.04 bits per heavy atom. The molecule has 0 bridgehead atoms. The van der Waals surface area contributed by atoms with Crippen molar-refractivity contribution in [3.05, 3.63) is 29.8 Å². The summed E-state index contributed by atoms with van der Waals surface area (Å²) in [5, 5.41) is 11.5. The molecule has 0 spiro atoms. The monoisotopic (exact) mass is 361 g/mol. The van der Waals surface area contributed by atoms with Gasteiger partial charge in [-0.25, -0.2) is 4.79 Å². The molecule has 1 fully saturated rings. The van der Waals surface area contributed by atoms with Crippen LogP contribution in [0.15, 0.2) is 24.3 Å². The molecule has 0 aromatic heterocycles. The number of benzene rings is 1. The highest BCUT2D eigenvalue weighted by Gasteiger charge is 2.51. The molecule has 144 valence electrons. The maximum absolute atomic E-state index is 10.9. The second kappa shape index (κ2) is 7.24. The van der Waals surface area contributed by atoms with Crippen LogP contribution in [0.25, 0.3) is 0 Å². The van der Waals surface area contributed by atoms with Crippen molar-refractivity contribution in [3.63, 3.8) is 0 Å². The van der Waals surface area contributed by atoms with Crippen LogP contribution in [-0.4, -0.2) is 36.1 Å². The molecule has 1 atom stereocenters. The Labute approximate surface area is 157 Å². The smallest absolute Gasteiger partial charge is 0.465 e. The highest BCUT2D eigenvalue weighted by molar-refractivity contribution is 6.62. The summed E-state index contributed by atoms with van der Waals surface area (Å²) in [5.41, 5.74) is 1.48. The van der Waals surface area contributed by atoms with E-state index in [2.05, 4.69) is 38.2 Å². The highest BCUT2D eigenvalue weighted by atomic mass is 16.7. The van der Waals surface area contributed by atoms with Crippen LogP contribution < -0.4 is 10.8 Å². The predicted molar refractivity (Wildman–Crippen MR) is 105 cm³/mol. The van der Waals surface area contributed by atoms with Gasteiger partial charge in [0.1, 0.15) is 0 Å². The first-order valence-electron chi connectivity index (χ1n) is 9.23. The Hall–Kier alpha value is -1.53. The number of hydrogen-bond acceptors (Lipinski definition) is 3. The molecule has 1 aliphatic rings. The molecule has 1 unspecified atom stereocenters. The zero-order valence-corrected chi connectivity index (χ0v) is 17.1. The minimum atomic E-state index is -0.988. The van der Waals surface area contributed by atoms with Crippen molar-refractivity contribution in [1.29, 1.82) is 0 Å². The van der Waals surface area contributed by atoms with Crippen LogP contribution in [0.1, 0.15) is 66.4 Å². The molecule has 5 nitrogen and oxygen atoms in total. The van der Waals surface area contributed by atoms with E-state index in [4.69, 9.17) is 14.4 Å². The highest BCUT2D eigenvalue weighted by Crippen LogP contribution is 2.36. The molecule has 0 aliphatic carbocycles. The van der Waals surface area contributed by atoms with Crippen molar-refractivity contribution >= 4 is 18.7 Å². The quantitative estimate of drug-likeness (QED) is 0.784. The number of nitrogens with one attached hydrogen (secondary N) is 1. The lowest BCUT2D eigenvalue weighted by atomic mass is 9.76. The van der Waals surface area contributed by atoms with Gasteiger partial charge in [-0.1, -0.05) is 45.0 Å².